The molecule has 4 nitrogen and oxygen atoms in total. The Bertz CT molecular complexity index is 1270. The van der Waals surface area contributed by atoms with Gasteiger partial charge in [-0.05, 0) is 43.2 Å². The molecule has 0 spiro atoms. The number of nitrogens with one attached hydrogen (secondary N) is 2. The van der Waals surface area contributed by atoms with Crippen LogP contribution in [0, 0.1) is 13.8 Å². The Morgan fingerprint density at radius 3 is 2.28 bits per heavy atom. The van der Waals surface area contributed by atoms with Gasteiger partial charge in [-0.25, -0.2) is 13.4 Å². The highest BCUT2D eigenvalue weighted by molar-refractivity contribution is 7.91. The predicted octanol–water partition coefficient (Wildman–Crippen LogP) is 4.72. The Labute approximate surface area is 171 Å². The fraction of sp³-hybridized carbons (Fsp3) is 0.125. The molecule has 0 aliphatic carbocycles. The number of anilines is 1. The Hall–Kier alpha value is -3.18. The average molecular weight is 404 g/mol. The molecule has 29 heavy (non-hydrogen) atoms. The zero-order valence-corrected chi connectivity index (χ0v) is 17.3. The highest BCUT2D eigenvalue weighted by atomic mass is 32.2. The molecule has 0 aliphatic rings. The van der Waals surface area contributed by atoms with Crippen molar-refractivity contribution in [1.82, 2.24) is 0 Å². The maximum Gasteiger partial charge on any atom is 0.214 e. The van der Waals surface area contributed by atoms with E-state index in [1.165, 1.54) is 5.56 Å². The first-order chi connectivity index (χ1) is 13.9. The van der Waals surface area contributed by atoms with E-state index in [-0.39, 0.29) is 9.79 Å². The highest BCUT2D eigenvalue weighted by Crippen LogP contribution is 2.32. The zero-order chi connectivity index (χ0) is 20.4. The second-order valence-corrected chi connectivity index (χ2v) is 9.15. The van der Waals surface area contributed by atoms with Gasteiger partial charge in [-0.1, -0.05) is 54.1 Å². The van der Waals surface area contributed by atoms with Crippen molar-refractivity contribution in [2.45, 2.75) is 30.2 Å². The SMILES string of the molecule is Cc1ccc(CNc2c(S(=O)(=O)c3ccccc3)c[nH+]c3ccc(C)cc23)cc1. The van der Waals surface area contributed by atoms with Gasteiger partial charge in [-0.15, -0.1) is 0 Å². The van der Waals surface area contributed by atoms with E-state index in [1.54, 1.807) is 30.5 Å². The molecule has 0 atom stereocenters. The fourth-order valence-corrected chi connectivity index (χ4v) is 4.79. The minimum Gasteiger partial charge on any atom is -0.379 e. The monoisotopic (exact) mass is 403 g/mol. The summed E-state index contributed by atoms with van der Waals surface area (Å²) < 4.78 is 26.8. The van der Waals surface area contributed by atoms with Crippen molar-refractivity contribution in [2.75, 3.05) is 5.32 Å². The van der Waals surface area contributed by atoms with E-state index in [1.807, 2.05) is 38.1 Å². The van der Waals surface area contributed by atoms with Gasteiger partial charge in [-0.3, -0.25) is 0 Å². The van der Waals surface area contributed by atoms with Gasteiger partial charge in [0.1, 0.15) is 0 Å². The Balaban J connectivity index is 1.85. The second kappa shape index (κ2) is 7.68. The van der Waals surface area contributed by atoms with E-state index in [9.17, 15) is 8.42 Å². The van der Waals surface area contributed by atoms with Crippen LogP contribution in [-0.2, 0) is 16.4 Å². The molecule has 0 aliphatic heterocycles. The minimum atomic E-state index is -3.68. The van der Waals surface area contributed by atoms with Crippen molar-refractivity contribution in [3.63, 3.8) is 0 Å². The highest BCUT2D eigenvalue weighted by Gasteiger charge is 2.26. The van der Waals surface area contributed by atoms with Crippen molar-refractivity contribution in [2.24, 2.45) is 0 Å². The van der Waals surface area contributed by atoms with E-state index < -0.39 is 9.84 Å². The van der Waals surface area contributed by atoms with E-state index in [0.29, 0.717) is 12.2 Å². The lowest BCUT2D eigenvalue weighted by atomic mass is 10.1. The number of aromatic nitrogens is 1. The molecule has 1 heterocycles. The molecule has 0 saturated heterocycles. The van der Waals surface area contributed by atoms with Gasteiger partial charge in [-0.2, -0.15) is 0 Å². The van der Waals surface area contributed by atoms with Crippen LogP contribution in [0.2, 0.25) is 0 Å². The van der Waals surface area contributed by atoms with E-state index >= 15 is 0 Å². The van der Waals surface area contributed by atoms with Crippen molar-refractivity contribution in [1.29, 1.82) is 0 Å². The third-order valence-corrected chi connectivity index (χ3v) is 6.78. The number of benzene rings is 3. The van der Waals surface area contributed by atoms with Gasteiger partial charge in [0.15, 0.2) is 11.1 Å². The van der Waals surface area contributed by atoms with Crippen LogP contribution in [0.3, 0.4) is 0 Å². The Kier molecular flexibility index (Phi) is 5.07. The van der Waals surface area contributed by atoms with Crippen LogP contribution in [0.5, 0.6) is 0 Å². The molecule has 0 amide bonds. The summed E-state index contributed by atoms with van der Waals surface area (Å²) in [7, 11) is -3.68. The standard InChI is InChI=1S/C24H22N2O2S/c1-17-8-11-19(12-9-17)15-26-24-21-14-18(2)10-13-22(21)25-16-23(24)29(27,28)20-6-4-3-5-7-20/h3-14,16H,15H2,1-2H3,(H,25,26)/p+1. The summed E-state index contributed by atoms with van der Waals surface area (Å²) in [6.07, 6.45) is 1.58. The zero-order valence-electron chi connectivity index (χ0n) is 16.4. The molecule has 5 heteroatoms. The molecule has 0 radical (unpaired) electrons. The van der Waals surface area contributed by atoms with Crippen molar-refractivity contribution >= 4 is 26.4 Å². The van der Waals surface area contributed by atoms with Gasteiger partial charge in [0.2, 0.25) is 15.4 Å². The van der Waals surface area contributed by atoms with Gasteiger partial charge >= 0.3 is 0 Å². The van der Waals surface area contributed by atoms with Gasteiger partial charge in [0.05, 0.1) is 16.0 Å². The van der Waals surface area contributed by atoms with Crippen LogP contribution in [0.25, 0.3) is 10.9 Å². The molecule has 0 fully saturated rings. The van der Waals surface area contributed by atoms with Crippen molar-refractivity contribution < 1.29 is 13.4 Å². The predicted molar refractivity (Wildman–Crippen MR) is 116 cm³/mol. The van der Waals surface area contributed by atoms with Crippen LogP contribution in [0.15, 0.2) is 88.8 Å². The lowest BCUT2D eigenvalue weighted by Crippen LogP contribution is -2.15. The number of pyridine rings is 1. The third kappa shape index (κ3) is 3.87. The molecule has 3 aromatic carbocycles. The topological polar surface area (TPSA) is 60.3 Å². The summed E-state index contributed by atoms with van der Waals surface area (Å²) in [5.74, 6) is 0. The van der Waals surface area contributed by atoms with E-state index in [0.717, 1.165) is 22.0 Å². The van der Waals surface area contributed by atoms with E-state index in [2.05, 4.69) is 34.6 Å². The number of hydrogen-bond donors (Lipinski definition) is 1. The summed E-state index contributed by atoms with van der Waals surface area (Å²) in [5, 5.41) is 4.25. The number of rotatable bonds is 5. The van der Waals surface area contributed by atoms with Crippen LogP contribution in [-0.4, -0.2) is 8.42 Å². The molecule has 4 rings (SSSR count). The molecular formula is C24H23N2O2S+. The Morgan fingerprint density at radius 1 is 0.862 bits per heavy atom. The summed E-state index contributed by atoms with van der Waals surface area (Å²) in [4.78, 5) is 3.67. The normalized spacial score (nSPS) is 11.5. The lowest BCUT2D eigenvalue weighted by molar-refractivity contribution is -0.347. The van der Waals surface area contributed by atoms with Gasteiger partial charge in [0, 0.05) is 12.6 Å². The quantitative estimate of drug-likeness (QED) is 0.525. The van der Waals surface area contributed by atoms with Crippen molar-refractivity contribution in [3.8, 4) is 0 Å². The van der Waals surface area contributed by atoms with E-state index in [4.69, 9.17) is 0 Å². The van der Waals surface area contributed by atoms with Crippen LogP contribution in [0.1, 0.15) is 16.7 Å². The van der Waals surface area contributed by atoms with Gasteiger partial charge in [0.25, 0.3) is 0 Å². The summed E-state index contributed by atoms with van der Waals surface area (Å²) in [5.41, 5.74) is 4.85. The molecule has 2 N–H and O–H groups in total. The average Bonchev–Trinajstić information content (AvgIpc) is 2.73. The minimum absolute atomic E-state index is 0.244. The summed E-state index contributed by atoms with van der Waals surface area (Å²) in [6, 6.07) is 22.7. The molecular weight excluding hydrogens is 380 g/mol. The largest absolute Gasteiger partial charge is 0.379 e. The molecule has 0 unspecified atom stereocenters. The molecule has 0 saturated carbocycles. The maximum absolute atomic E-state index is 13.4. The van der Waals surface area contributed by atoms with Crippen molar-refractivity contribution in [3.05, 3.63) is 95.7 Å². The fourth-order valence-electron chi connectivity index (χ4n) is 3.36. The van der Waals surface area contributed by atoms with Gasteiger partial charge < -0.3 is 5.32 Å². The molecule has 1 aromatic heterocycles. The smallest absolute Gasteiger partial charge is 0.214 e. The number of hydrogen-bond acceptors (Lipinski definition) is 3. The number of fused-ring (bicyclic) bond motifs is 1. The molecule has 4 aromatic rings. The summed E-state index contributed by atoms with van der Waals surface area (Å²) >= 11 is 0. The first-order valence-electron chi connectivity index (χ1n) is 9.50. The van der Waals surface area contributed by atoms with Crippen LogP contribution < -0.4 is 10.3 Å². The first-order valence-corrected chi connectivity index (χ1v) is 11.0. The van der Waals surface area contributed by atoms with Crippen LogP contribution in [0.4, 0.5) is 5.69 Å². The molecule has 0 bridgehead atoms. The third-order valence-electron chi connectivity index (χ3n) is 4.98. The number of sulfone groups is 1. The number of aromatic amines is 1. The Morgan fingerprint density at radius 2 is 1.55 bits per heavy atom. The maximum atomic E-state index is 13.4. The summed E-state index contributed by atoms with van der Waals surface area (Å²) in [6.45, 7) is 4.58. The number of aryl methyl sites for hydroxylation is 2. The molecule has 146 valence electrons. The lowest BCUT2D eigenvalue weighted by Gasteiger charge is -2.13. The second-order valence-electron chi connectivity index (χ2n) is 7.23. The van der Waals surface area contributed by atoms with Crippen LogP contribution >= 0.6 is 0 Å². The number of H-pyrrole nitrogens is 1. The first kappa shape index (κ1) is 19.2.